The van der Waals surface area contributed by atoms with Crippen molar-refractivity contribution in [1.82, 2.24) is 0 Å². The normalized spacial score (nSPS) is 9.78. The SMILES string of the molecule is Cc1ccc(N)c(O)c1C.Cc1ccc(N)c(O)c1CCl.Cc1ccc([N+](=O)[O-])c(O)c1. The second kappa shape index (κ2) is 11.7. The van der Waals surface area contributed by atoms with Crippen LogP contribution in [0.3, 0.4) is 0 Å². The summed E-state index contributed by atoms with van der Waals surface area (Å²) >= 11 is 5.59. The molecule has 172 valence electrons. The first kappa shape index (κ1) is 26.4. The van der Waals surface area contributed by atoms with E-state index in [2.05, 4.69) is 0 Å². The maximum atomic E-state index is 10.2. The highest BCUT2D eigenvalue weighted by Gasteiger charge is 2.11. The molecule has 0 saturated carbocycles. The standard InChI is InChI=1S/C8H10ClNO.C8H11NO.C7H7NO3/c1-5-2-3-7(10)8(11)6(5)4-9;1-5-3-4-7(9)8(10)6(5)2;1-5-2-3-6(8(10)11)7(9)4-5/h2-3,11H,4,10H2,1H3;3-4,10H,9H2,1-2H3;2-4,9H,1H3. The van der Waals surface area contributed by atoms with Gasteiger partial charge in [-0.05, 0) is 68.1 Å². The van der Waals surface area contributed by atoms with Crippen molar-refractivity contribution in [3.05, 3.63) is 80.4 Å². The number of nitrogens with zero attached hydrogens (tertiary/aromatic N) is 1. The summed E-state index contributed by atoms with van der Waals surface area (Å²) in [7, 11) is 0. The van der Waals surface area contributed by atoms with Crippen molar-refractivity contribution in [2.75, 3.05) is 11.5 Å². The number of nitro groups is 1. The van der Waals surface area contributed by atoms with Crippen LogP contribution in [0.4, 0.5) is 17.1 Å². The van der Waals surface area contributed by atoms with Crippen LogP contribution < -0.4 is 11.5 Å². The van der Waals surface area contributed by atoms with Crippen molar-refractivity contribution in [1.29, 1.82) is 0 Å². The Morgan fingerprint density at radius 1 is 0.875 bits per heavy atom. The number of nitro benzene ring substituents is 1. The molecule has 0 atom stereocenters. The molecule has 0 saturated heterocycles. The lowest BCUT2D eigenvalue weighted by Gasteiger charge is -2.06. The van der Waals surface area contributed by atoms with Gasteiger partial charge in [-0.25, -0.2) is 0 Å². The van der Waals surface area contributed by atoms with Crippen molar-refractivity contribution in [3.8, 4) is 17.2 Å². The van der Waals surface area contributed by atoms with Gasteiger partial charge in [0.2, 0.25) is 0 Å². The Bertz CT molecular complexity index is 1080. The Morgan fingerprint density at radius 2 is 1.41 bits per heavy atom. The van der Waals surface area contributed by atoms with Crippen LogP contribution in [0.1, 0.15) is 27.8 Å². The van der Waals surface area contributed by atoms with Gasteiger partial charge in [-0.1, -0.05) is 18.2 Å². The monoisotopic (exact) mass is 461 g/mol. The molecule has 0 aliphatic heterocycles. The van der Waals surface area contributed by atoms with Crippen LogP contribution in [-0.2, 0) is 5.88 Å². The minimum atomic E-state index is -0.616. The Kier molecular flexibility index (Phi) is 9.62. The molecule has 0 radical (unpaired) electrons. The number of benzene rings is 3. The fourth-order valence-corrected chi connectivity index (χ4v) is 2.87. The summed E-state index contributed by atoms with van der Waals surface area (Å²) < 4.78 is 0. The molecule has 0 aliphatic rings. The molecule has 0 fully saturated rings. The number of phenolic OH excluding ortho intramolecular Hbond substituents is 3. The molecule has 0 spiro atoms. The van der Waals surface area contributed by atoms with Gasteiger partial charge in [0.05, 0.1) is 22.2 Å². The van der Waals surface area contributed by atoms with Crippen LogP contribution in [0.15, 0.2) is 42.5 Å². The van der Waals surface area contributed by atoms with Crippen molar-refractivity contribution in [2.45, 2.75) is 33.6 Å². The van der Waals surface area contributed by atoms with Gasteiger partial charge < -0.3 is 26.8 Å². The number of phenols is 3. The molecule has 3 aromatic carbocycles. The molecule has 32 heavy (non-hydrogen) atoms. The van der Waals surface area contributed by atoms with E-state index in [4.69, 9.17) is 28.2 Å². The van der Waals surface area contributed by atoms with Crippen LogP contribution in [0, 0.1) is 37.8 Å². The summed E-state index contributed by atoms with van der Waals surface area (Å²) in [5.41, 5.74) is 15.9. The zero-order valence-corrected chi connectivity index (χ0v) is 19.1. The Hall–Kier alpha value is -3.65. The minimum absolute atomic E-state index is 0.111. The van der Waals surface area contributed by atoms with Crippen molar-refractivity contribution in [2.24, 2.45) is 0 Å². The van der Waals surface area contributed by atoms with Crippen LogP contribution >= 0.6 is 11.6 Å². The third-order valence-corrected chi connectivity index (χ3v) is 5.01. The van der Waals surface area contributed by atoms with Gasteiger partial charge in [-0.2, -0.15) is 0 Å². The van der Waals surface area contributed by atoms with Crippen LogP contribution in [0.2, 0.25) is 0 Å². The van der Waals surface area contributed by atoms with Gasteiger partial charge >= 0.3 is 5.69 Å². The average Bonchev–Trinajstić information content (AvgIpc) is 2.73. The highest BCUT2D eigenvalue weighted by atomic mass is 35.5. The number of aryl methyl sites for hydroxylation is 3. The Morgan fingerprint density at radius 3 is 1.84 bits per heavy atom. The van der Waals surface area contributed by atoms with Crippen LogP contribution in [0.25, 0.3) is 0 Å². The summed E-state index contributed by atoms with van der Waals surface area (Å²) in [5, 5.41) is 37.8. The summed E-state index contributed by atoms with van der Waals surface area (Å²) in [5.74, 6) is 0.331. The molecule has 0 bridgehead atoms. The van der Waals surface area contributed by atoms with Gasteiger partial charge in [0.1, 0.15) is 11.5 Å². The van der Waals surface area contributed by atoms with Gasteiger partial charge in [-0.3, -0.25) is 10.1 Å². The van der Waals surface area contributed by atoms with Crippen molar-refractivity contribution >= 4 is 28.7 Å². The maximum absolute atomic E-state index is 10.2. The summed E-state index contributed by atoms with van der Waals surface area (Å²) in [6.07, 6.45) is 0. The molecular weight excluding hydrogens is 434 g/mol. The fourth-order valence-electron chi connectivity index (χ4n) is 2.53. The zero-order chi connectivity index (χ0) is 24.6. The fraction of sp³-hybridized carbons (Fsp3) is 0.217. The average molecular weight is 462 g/mol. The Labute approximate surface area is 191 Å². The molecule has 8 nitrogen and oxygen atoms in total. The molecular formula is C23H28ClN3O5. The number of anilines is 2. The lowest BCUT2D eigenvalue weighted by atomic mass is 10.1. The second-order valence-electron chi connectivity index (χ2n) is 7.13. The number of hydrogen-bond acceptors (Lipinski definition) is 7. The summed E-state index contributed by atoms with van der Waals surface area (Å²) in [6.45, 7) is 7.43. The molecule has 7 N–H and O–H groups in total. The van der Waals surface area contributed by atoms with E-state index in [9.17, 15) is 20.3 Å². The lowest BCUT2D eigenvalue weighted by Crippen LogP contribution is -1.91. The van der Waals surface area contributed by atoms with Gasteiger partial charge in [0, 0.05) is 11.6 Å². The second-order valence-corrected chi connectivity index (χ2v) is 7.39. The van der Waals surface area contributed by atoms with Crippen LogP contribution in [0.5, 0.6) is 17.2 Å². The highest BCUT2D eigenvalue weighted by molar-refractivity contribution is 6.17. The molecule has 3 rings (SSSR count). The first-order chi connectivity index (χ1) is 14.9. The van der Waals surface area contributed by atoms with E-state index >= 15 is 0 Å². The maximum Gasteiger partial charge on any atom is 0.310 e. The smallest absolute Gasteiger partial charge is 0.310 e. The lowest BCUT2D eigenvalue weighted by molar-refractivity contribution is -0.385. The molecule has 0 heterocycles. The predicted octanol–water partition coefficient (Wildman–Crippen LogP) is 5.22. The first-order valence-electron chi connectivity index (χ1n) is 9.52. The third-order valence-electron chi connectivity index (χ3n) is 4.74. The number of alkyl halides is 1. The number of aromatic hydroxyl groups is 3. The number of halogens is 1. The highest BCUT2D eigenvalue weighted by Crippen LogP contribution is 2.29. The van der Waals surface area contributed by atoms with Crippen LogP contribution in [-0.4, -0.2) is 20.2 Å². The van der Waals surface area contributed by atoms with E-state index in [1.807, 2.05) is 32.9 Å². The Balaban J connectivity index is 0.000000240. The third kappa shape index (κ3) is 6.95. The van der Waals surface area contributed by atoms with Crippen molar-refractivity contribution in [3.63, 3.8) is 0 Å². The molecule has 0 amide bonds. The first-order valence-corrected chi connectivity index (χ1v) is 10.1. The minimum Gasteiger partial charge on any atom is -0.506 e. The van der Waals surface area contributed by atoms with E-state index in [1.54, 1.807) is 25.1 Å². The van der Waals surface area contributed by atoms with E-state index < -0.39 is 4.92 Å². The molecule has 0 aromatic heterocycles. The topological polar surface area (TPSA) is 156 Å². The number of nitrogens with two attached hydrogens (primary N) is 2. The van der Waals surface area contributed by atoms with Crippen molar-refractivity contribution < 1.29 is 20.2 Å². The summed E-state index contributed by atoms with van der Waals surface area (Å²) in [6, 6.07) is 11.3. The molecule has 0 unspecified atom stereocenters. The van der Waals surface area contributed by atoms with E-state index in [0.29, 0.717) is 22.8 Å². The predicted molar refractivity (Wildman–Crippen MR) is 128 cm³/mol. The zero-order valence-electron chi connectivity index (χ0n) is 18.4. The number of rotatable bonds is 2. The molecule has 9 heteroatoms. The van der Waals surface area contributed by atoms with E-state index in [1.165, 1.54) is 12.1 Å². The van der Waals surface area contributed by atoms with E-state index in [0.717, 1.165) is 22.3 Å². The van der Waals surface area contributed by atoms with Gasteiger partial charge in [0.15, 0.2) is 5.75 Å². The van der Waals surface area contributed by atoms with Gasteiger partial charge in [-0.15, -0.1) is 11.6 Å². The largest absolute Gasteiger partial charge is 0.506 e. The number of hydrogen-bond donors (Lipinski definition) is 5. The number of nitrogen functional groups attached to an aromatic ring is 2. The summed E-state index contributed by atoms with van der Waals surface area (Å²) in [4.78, 5) is 9.56. The molecule has 0 aliphatic carbocycles. The quantitative estimate of drug-likeness (QED) is 0.115. The van der Waals surface area contributed by atoms with Gasteiger partial charge in [0.25, 0.3) is 0 Å². The molecule has 3 aromatic rings. The van der Waals surface area contributed by atoms with E-state index in [-0.39, 0.29) is 22.9 Å².